The highest BCUT2D eigenvalue weighted by molar-refractivity contribution is 5.95. The van der Waals surface area contributed by atoms with Gasteiger partial charge in [0, 0.05) is 30.1 Å². The van der Waals surface area contributed by atoms with Gasteiger partial charge in [0.15, 0.2) is 5.78 Å². The summed E-state index contributed by atoms with van der Waals surface area (Å²) in [6.07, 6.45) is 1.93. The van der Waals surface area contributed by atoms with E-state index in [1.165, 1.54) is 6.92 Å². The molecule has 0 aliphatic carbocycles. The molecular formula is C17H23N3O3. The van der Waals surface area contributed by atoms with Gasteiger partial charge in [0.2, 0.25) is 11.8 Å². The summed E-state index contributed by atoms with van der Waals surface area (Å²) in [5.74, 6) is -0.309. The molecule has 1 aromatic rings. The van der Waals surface area contributed by atoms with Crippen molar-refractivity contribution in [3.63, 3.8) is 0 Å². The maximum absolute atomic E-state index is 12.0. The summed E-state index contributed by atoms with van der Waals surface area (Å²) in [5, 5.41) is 2.82. The summed E-state index contributed by atoms with van der Waals surface area (Å²) < 4.78 is 0. The van der Waals surface area contributed by atoms with Crippen LogP contribution in [-0.4, -0.2) is 42.1 Å². The zero-order chi connectivity index (χ0) is 16.8. The van der Waals surface area contributed by atoms with E-state index >= 15 is 0 Å². The summed E-state index contributed by atoms with van der Waals surface area (Å²) in [4.78, 5) is 36.5. The first-order chi connectivity index (χ1) is 11.0. The molecule has 0 atom stereocenters. The largest absolute Gasteiger partial charge is 0.369 e. The van der Waals surface area contributed by atoms with Crippen molar-refractivity contribution in [3.05, 3.63) is 29.8 Å². The molecule has 0 unspecified atom stereocenters. The van der Waals surface area contributed by atoms with E-state index in [9.17, 15) is 14.4 Å². The predicted molar refractivity (Wildman–Crippen MR) is 88.1 cm³/mol. The van der Waals surface area contributed by atoms with Crippen molar-refractivity contribution in [1.29, 1.82) is 0 Å². The van der Waals surface area contributed by atoms with Crippen LogP contribution in [0.25, 0.3) is 0 Å². The molecule has 1 heterocycles. The average molecular weight is 317 g/mol. The topological polar surface area (TPSA) is 92.5 Å². The number of anilines is 1. The van der Waals surface area contributed by atoms with Crippen molar-refractivity contribution in [3.8, 4) is 0 Å². The van der Waals surface area contributed by atoms with Gasteiger partial charge in [0.05, 0.1) is 0 Å². The van der Waals surface area contributed by atoms with Crippen molar-refractivity contribution in [1.82, 2.24) is 4.90 Å². The second kappa shape index (κ2) is 7.87. The first kappa shape index (κ1) is 17.1. The summed E-state index contributed by atoms with van der Waals surface area (Å²) in [5.41, 5.74) is 6.62. The van der Waals surface area contributed by atoms with E-state index in [-0.39, 0.29) is 23.5 Å². The molecule has 2 rings (SSSR count). The van der Waals surface area contributed by atoms with Crippen LogP contribution in [-0.2, 0) is 9.59 Å². The molecule has 1 fully saturated rings. The SMILES string of the molecule is CC(=O)c1ccc(NC(=O)CCN2CCC(C(N)=O)CC2)cc1. The minimum Gasteiger partial charge on any atom is -0.369 e. The first-order valence-electron chi connectivity index (χ1n) is 7.88. The number of nitrogens with one attached hydrogen (secondary N) is 1. The van der Waals surface area contributed by atoms with Crippen LogP contribution in [0.4, 0.5) is 5.69 Å². The number of carbonyl (C=O) groups excluding carboxylic acids is 3. The normalized spacial score (nSPS) is 16.0. The molecule has 124 valence electrons. The second-order valence-electron chi connectivity index (χ2n) is 5.95. The zero-order valence-corrected chi connectivity index (χ0v) is 13.4. The minimum atomic E-state index is -0.226. The minimum absolute atomic E-state index is 0.00207. The van der Waals surface area contributed by atoms with Crippen LogP contribution >= 0.6 is 0 Å². The van der Waals surface area contributed by atoms with Crippen LogP contribution < -0.4 is 11.1 Å². The van der Waals surface area contributed by atoms with Gasteiger partial charge in [-0.25, -0.2) is 0 Å². The fourth-order valence-electron chi connectivity index (χ4n) is 2.71. The lowest BCUT2D eigenvalue weighted by atomic mass is 9.96. The molecule has 1 aliphatic rings. The summed E-state index contributed by atoms with van der Waals surface area (Å²) >= 11 is 0. The lowest BCUT2D eigenvalue weighted by molar-refractivity contribution is -0.123. The molecule has 1 aromatic carbocycles. The van der Waals surface area contributed by atoms with Crippen LogP contribution in [0.5, 0.6) is 0 Å². The van der Waals surface area contributed by atoms with Gasteiger partial charge in [0.1, 0.15) is 0 Å². The molecule has 0 saturated carbocycles. The molecule has 0 radical (unpaired) electrons. The van der Waals surface area contributed by atoms with Crippen molar-refractivity contribution in [2.75, 3.05) is 25.0 Å². The number of carbonyl (C=O) groups is 3. The van der Waals surface area contributed by atoms with Gasteiger partial charge in [-0.3, -0.25) is 14.4 Å². The Balaban J connectivity index is 1.73. The third kappa shape index (κ3) is 5.17. The molecule has 2 amide bonds. The van der Waals surface area contributed by atoms with Crippen LogP contribution in [0.2, 0.25) is 0 Å². The number of nitrogens with two attached hydrogens (primary N) is 1. The number of hydrogen-bond donors (Lipinski definition) is 2. The summed E-state index contributed by atoms with van der Waals surface area (Å²) in [6.45, 7) is 3.78. The fourth-order valence-corrected chi connectivity index (χ4v) is 2.71. The maximum Gasteiger partial charge on any atom is 0.225 e. The Hall–Kier alpha value is -2.21. The van der Waals surface area contributed by atoms with E-state index in [1.807, 2.05) is 0 Å². The molecule has 23 heavy (non-hydrogen) atoms. The second-order valence-corrected chi connectivity index (χ2v) is 5.95. The molecule has 0 bridgehead atoms. The first-order valence-corrected chi connectivity index (χ1v) is 7.88. The van der Waals surface area contributed by atoms with Crippen LogP contribution in [0.1, 0.15) is 36.5 Å². The Morgan fingerprint density at radius 3 is 2.30 bits per heavy atom. The van der Waals surface area contributed by atoms with Gasteiger partial charge < -0.3 is 16.0 Å². The van der Waals surface area contributed by atoms with Crippen molar-refractivity contribution in [2.24, 2.45) is 11.7 Å². The number of likely N-dealkylation sites (tertiary alicyclic amines) is 1. The maximum atomic E-state index is 12.0. The van der Waals surface area contributed by atoms with E-state index in [2.05, 4.69) is 10.2 Å². The quantitative estimate of drug-likeness (QED) is 0.776. The van der Waals surface area contributed by atoms with Crippen LogP contribution in [0.3, 0.4) is 0 Å². The third-order valence-electron chi connectivity index (χ3n) is 4.22. The molecule has 6 heteroatoms. The molecule has 1 saturated heterocycles. The predicted octanol–water partition coefficient (Wildman–Crippen LogP) is 1.42. The molecule has 1 aliphatic heterocycles. The zero-order valence-electron chi connectivity index (χ0n) is 13.4. The Morgan fingerprint density at radius 1 is 1.17 bits per heavy atom. The number of primary amides is 1. The molecule has 0 spiro atoms. The van der Waals surface area contributed by atoms with E-state index in [4.69, 9.17) is 5.73 Å². The smallest absolute Gasteiger partial charge is 0.225 e. The average Bonchev–Trinajstić information content (AvgIpc) is 2.54. The Kier molecular flexibility index (Phi) is 5.87. The number of ketones is 1. The van der Waals surface area contributed by atoms with E-state index in [0.717, 1.165) is 25.9 Å². The number of hydrogen-bond acceptors (Lipinski definition) is 4. The Morgan fingerprint density at radius 2 is 1.78 bits per heavy atom. The van der Waals surface area contributed by atoms with E-state index < -0.39 is 0 Å². The molecule has 0 aromatic heterocycles. The highest BCUT2D eigenvalue weighted by Crippen LogP contribution is 2.17. The third-order valence-corrected chi connectivity index (χ3v) is 4.22. The number of nitrogens with zero attached hydrogens (tertiary/aromatic N) is 1. The summed E-state index contributed by atoms with van der Waals surface area (Å²) in [6, 6.07) is 6.86. The van der Waals surface area contributed by atoms with Crippen LogP contribution in [0, 0.1) is 5.92 Å². The van der Waals surface area contributed by atoms with Crippen LogP contribution in [0.15, 0.2) is 24.3 Å². The number of benzene rings is 1. The highest BCUT2D eigenvalue weighted by atomic mass is 16.2. The van der Waals surface area contributed by atoms with E-state index in [1.54, 1.807) is 24.3 Å². The van der Waals surface area contributed by atoms with Gasteiger partial charge in [-0.1, -0.05) is 0 Å². The van der Waals surface area contributed by atoms with Gasteiger partial charge in [0.25, 0.3) is 0 Å². The summed E-state index contributed by atoms with van der Waals surface area (Å²) in [7, 11) is 0. The van der Waals surface area contributed by atoms with E-state index in [0.29, 0.717) is 24.2 Å². The number of amides is 2. The van der Waals surface area contributed by atoms with Crippen molar-refractivity contribution < 1.29 is 14.4 Å². The molecule has 3 N–H and O–H groups in total. The van der Waals surface area contributed by atoms with Gasteiger partial charge in [-0.2, -0.15) is 0 Å². The lowest BCUT2D eigenvalue weighted by Gasteiger charge is -2.30. The lowest BCUT2D eigenvalue weighted by Crippen LogP contribution is -2.39. The Labute approximate surface area is 136 Å². The fraction of sp³-hybridized carbons (Fsp3) is 0.471. The van der Waals surface area contributed by atoms with Crippen molar-refractivity contribution >= 4 is 23.3 Å². The molecule has 6 nitrogen and oxygen atoms in total. The van der Waals surface area contributed by atoms with Gasteiger partial charge >= 0.3 is 0 Å². The number of piperidine rings is 1. The number of Topliss-reactive ketones (excluding diaryl/α,β-unsaturated/α-hetero) is 1. The standard InChI is InChI=1S/C17H23N3O3/c1-12(21)13-2-4-15(5-3-13)19-16(22)8-11-20-9-6-14(7-10-20)17(18)23/h2-5,14H,6-11H2,1H3,(H2,18,23)(H,19,22). The number of rotatable bonds is 6. The van der Waals surface area contributed by atoms with Gasteiger partial charge in [-0.05, 0) is 57.1 Å². The molecular weight excluding hydrogens is 294 g/mol. The van der Waals surface area contributed by atoms with Gasteiger partial charge in [-0.15, -0.1) is 0 Å². The monoisotopic (exact) mass is 317 g/mol. The Bertz CT molecular complexity index is 575. The van der Waals surface area contributed by atoms with Crippen molar-refractivity contribution in [2.45, 2.75) is 26.2 Å². The highest BCUT2D eigenvalue weighted by Gasteiger charge is 2.23.